The fourth-order valence-electron chi connectivity index (χ4n) is 0.819. The smallest absolute Gasteiger partial charge is 0.322 e. The number of rotatable bonds is 4. The highest BCUT2D eigenvalue weighted by Gasteiger charge is 2.38. The van der Waals surface area contributed by atoms with Crippen LogP contribution >= 0.6 is 0 Å². The summed E-state index contributed by atoms with van der Waals surface area (Å²) in [6.07, 6.45) is -1.29. The second kappa shape index (κ2) is 5.67. The SMILES string of the molecule is CCCC=C(CC)NC(=O)C(F)(F)F. The summed E-state index contributed by atoms with van der Waals surface area (Å²) in [5.74, 6) is -1.90. The number of unbranched alkanes of at least 4 members (excludes halogenated alkanes) is 1. The van der Waals surface area contributed by atoms with Crippen LogP contribution in [-0.2, 0) is 4.79 Å². The zero-order chi connectivity index (χ0) is 11.2. The largest absolute Gasteiger partial charge is 0.471 e. The Labute approximate surface area is 81.2 Å². The van der Waals surface area contributed by atoms with Crippen LogP contribution in [0.1, 0.15) is 33.1 Å². The van der Waals surface area contributed by atoms with Gasteiger partial charge < -0.3 is 5.32 Å². The first kappa shape index (κ1) is 13.0. The molecule has 0 rings (SSSR count). The molecule has 0 unspecified atom stereocenters. The molecule has 0 spiro atoms. The van der Waals surface area contributed by atoms with Crippen molar-refractivity contribution in [2.75, 3.05) is 0 Å². The fraction of sp³-hybridized carbons (Fsp3) is 0.667. The molecule has 0 aliphatic rings. The lowest BCUT2D eigenvalue weighted by molar-refractivity contribution is -0.172. The minimum Gasteiger partial charge on any atom is -0.322 e. The quantitative estimate of drug-likeness (QED) is 0.757. The van der Waals surface area contributed by atoms with Crippen LogP contribution < -0.4 is 5.32 Å². The minimum absolute atomic E-state index is 0.328. The lowest BCUT2D eigenvalue weighted by atomic mass is 10.2. The second-order valence-electron chi connectivity index (χ2n) is 2.82. The molecule has 1 amide bonds. The van der Waals surface area contributed by atoms with Crippen molar-refractivity contribution >= 4 is 5.91 Å². The van der Waals surface area contributed by atoms with Crippen LogP contribution in [0.4, 0.5) is 13.2 Å². The Morgan fingerprint density at radius 2 is 1.93 bits per heavy atom. The van der Waals surface area contributed by atoms with Gasteiger partial charge in [0.05, 0.1) is 0 Å². The fourth-order valence-corrected chi connectivity index (χ4v) is 0.819. The van der Waals surface area contributed by atoms with E-state index in [9.17, 15) is 18.0 Å². The van der Waals surface area contributed by atoms with Crippen molar-refractivity contribution in [1.82, 2.24) is 5.32 Å². The highest BCUT2D eigenvalue weighted by atomic mass is 19.4. The number of halogens is 3. The van der Waals surface area contributed by atoms with E-state index in [1.807, 2.05) is 12.2 Å². The molecule has 0 aromatic heterocycles. The van der Waals surface area contributed by atoms with Gasteiger partial charge in [-0.2, -0.15) is 13.2 Å². The Morgan fingerprint density at radius 1 is 1.36 bits per heavy atom. The zero-order valence-electron chi connectivity index (χ0n) is 8.24. The Hall–Kier alpha value is -1.00. The van der Waals surface area contributed by atoms with E-state index in [4.69, 9.17) is 0 Å². The van der Waals surface area contributed by atoms with Crippen molar-refractivity contribution in [3.63, 3.8) is 0 Å². The lowest BCUT2D eigenvalue weighted by Crippen LogP contribution is -2.36. The predicted octanol–water partition coefficient (Wildman–Crippen LogP) is 2.76. The highest BCUT2D eigenvalue weighted by molar-refractivity contribution is 5.83. The van der Waals surface area contributed by atoms with Crippen molar-refractivity contribution in [3.8, 4) is 0 Å². The van der Waals surface area contributed by atoms with E-state index in [2.05, 4.69) is 0 Å². The summed E-state index contributed by atoms with van der Waals surface area (Å²) in [5, 5.41) is 1.84. The van der Waals surface area contributed by atoms with Crippen LogP contribution in [-0.4, -0.2) is 12.1 Å². The number of alkyl halides is 3. The van der Waals surface area contributed by atoms with Gasteiger partial charge in [-0.3, -0.25) is 4.79 Å². The minimum atomic E-state index is -4.81. The molecule has 0 aromatic rings. The molecule has 0 heterocycles. The molecule has 0 saturated carbocycles. The van der Waals surface area contributed by atoms with Gasteiger partial charge in [0, 0.05) is 5.70 Å². The Bertz CT molecular complexity index is 221. The number of amides is 1. The van der Waals surface area contributed by atoms with E-state index in [1.165, 1.54) is 0 Å². The van der Waals surface area contributed by atoms with E-state index in [0.717, 1.165) is 6.42 Å². The first-order valence-corrected chi connectivity index (χ1v) is 4.49. The average molecular weight is 209 g/mol. The van der Waals surface area contributed by atoms with Crippen LogP contribution in [0.5, 0.6) is 0 Å². The van der Waals surface area contributed by atoms with E-state index in [1.54, 1.807) is 13.0 Å². The van der Waals surface area contributed by atoms with Crippen molar-refractivity contribution in [3.05, 3.63) is 11.8 Å². The molecular formula is C9H14F3NO. The Balaban J connectivity index is 4.26. The molecule has 0 fully saturated rings. The van der Waals surface area contributed by atoms with Crippen molar-refractivity contribution in [2.45, 2.75) is 39.3 Å². The van der Waals surface area contributed by atoms with Crippen LogP contribution in [0.2, 0.25) is 0 Å². The normalized spacial score (nSPS) is 12.8. The van der Waals surface area contributed by atoms with Gasteiger partial charge in [0.25, 0.3) is 0 Å². The molecule has 2 nitrogen and oxygen atoms in total. The molecule has 14 heavy (non-hydrogen) atoms. The molecule has 0 aliphatic carbocycles. The maximum Gasteiger partial charge on any atom is 0.471 e. The number of nitrogens with one attached hydrogen (secondary N) is 1. The third kappa shape index (κ3) is 4.89. The first-order valence-electron chi connectivity index (χ1n) is 4.49. The molecule has 0 atom stereocenters. The molecule has 5 heteroatoms. The average Bonchev–Trinajstić information content (AvgIpc) is 2.10. The summed E-state index contributed by atoms with van der Waals surface area (Å²) in [4.78, 5) is 10.5. The van der Waals surface area contributed by atoms with Crippen LogP contribution in [0, 0.1) is 0 Å². The number of allylic oxidation sites excluding steroid dienone is 2. The molecule has 0 saturated heterocycles. The number of hydrogen-bond acceptors (Lipinski definition) is 1. The van der Waals surface area contributed by atoms with Gasteiger partial charge >= 0.3 is 12.1 Å². The van der Waals surface area contributed by atoms with E-state index in [-0.39, 0.29) is 0 Å². The lowest BCUT2D eigenvalue weighted by Gasteiger charge is -2.09. The third-order valence-electron chi connectivity index (χ3n) is 1.59. The molecule has 0 aliphatic heterocycles. The summed E-state index contributed by atoms with van der Waals surface area (Å²) < 4.78 is 35.5. The maximum absolute atomic E-state index is 11.8. The molecular weight excluding hydrogens is 195 g/mol. The number of carbonyl (C=O) groups is 1. The van der Waals surface area contributed by atoms with Crippen molar-refractivity contribution < 1.29 is 18.0 Å². The summed E-state index contributed by atoms with van der Waals surface area (Å²) >= 11 is 0. The van der Waals surface area contributed by atoms with Crippen molar-refractivity contribution in [1.29, 1.82) is 0 Å². The molecule has 1 N–H and O–H groups in total. The summed E-state index contributed by atoms with van der Waals surface area (Å²) in [6, 6.07) is 0. The number of carbonyl (C=O) groups excluding carboxylic acids is 1. The highest BCUT2D eigenvalue weighted by Crippen LogP contribution is 2.15. The first-order chi connectivity index (χ1) is 6.41. The van der Waals surface area contributed by atoms with Gasteiger partial charge in [-0.15, -0.1) is 0 Å². The zero-order valence-corrected chi connectivity index (χ0v) is 8.24. The van der Waals surface area contributed by atoms with E-state index < -0.39 is 12.1 Å². The van der Waals surface area contributed by atoms with Gasteiger partial charge in [-0.1, -0.05) is 26.3 Å². The third-order valence-corrected chi connectivity index (χ3v) is 1.59. The summed E-state index contributed by atoms with van der Waals surface area (Å²) in [6.45, 7) is 3.60. The maximum atomic E-state index is 11.8. The Morgan fingerprint density at radius 3 is 2.29 bits per heavy atom. The van der Waals surface area contributed by atoms with Crippen LogP contribution in [0.15, 0.2) is 11.8 Å². The summed E-state index contributed by atoms with van der Waals surface area (Å²) in [5.41, 5.74) is 0.328. The standard InChI is InChI=1S/C9H14F3NO/c1-3-5-6-7(4-2)13-8(14)9(10,11)12/h6H,3-5H2,1-2H3,(H,13,14). The Kier molecular flexibility index (Phi) is 5.27. The molecule has 0 aromatic carbocycles. The number of hydrogen-bond donors (Lipinski definition) is 1. The van der Waals surface area contributed by atoms with Crippen LogP contribution in [0.3, 0.4) is 0 Å². The topological polar surface area (TPSA) is 29.1 Å². The van der Waals surface area contributed by atoms with E-state index >= 15 is 0 Å². The van der Waals surface area contributed by atoms with E-state index in [0.29, 0.717) is 18.5 Å². The van der Waals surface area contributed by atoms with Gasteiger partial charge in [-0.25, -0.2) is 0 Å². The molecule has 82 valence electrons. The van der Waals surface area contributed by atoms with Crippen molar-refractivity contribution in [2.24, 2.45) is 0 Å². The summed E-state index contributed by atoms with van der Waals surface area (Å²) in [7, 11) is 0. The monoisotopic (exact) mass is 209 g/mol. The van der Waals surface area contributed by atoms with Gasteiger partial charge in [0.15, 0.2) is 0 Å². The molecule has 0 radical (unpaired) electrons. The van der Waals surface area contributed by atoms with Crippen LogP contribution in [0.25, 0.3) is 0 Å². The van der Waals surface area contributed by atoms with Gasteiger partial charge in [0.1, 0.15) is 0 Å². The molecule has 0 bridgehead atoms. The van der Waals surface area contributed by atoms with Gasteiger partial charge in [-0.05, 0) is 12.8 Å². The second-order valence-corrected chi connectivity index (χ2v) is 2.82. The van der Waals surface area contributed by atoms with Gasteiger partial charge in [0.2, 0.25) is 0 Å². The predicted molar refractivity (Wildman–Crippen MR) is 47.5 cm³/mol.